The minimum Gasteiger partial charge on any atom is -0.491 e. The maximum absolute atomic E-state index is 12.0. The fourth-order valence-corrected chi connectivity index (χ4v) is 9.97. The first kappa shape index (κ1) is 49.0. The Bertz CT molecular complexity index is 2000. The third-order valence-electron chi connectivity index (χ3n) is 11.7. The number of urea groups is 1. The van der Waals surface area contributed by atoms with E-state index in [0.29, 0.717) is 77.7 Å². The van der Waals surface area contributed by atoms with Crippen LogP contribution in [0, 0.1) is 17.2 Å². The maximum Gasteiger partial charge on any atom is 0.315 e. The van der Waals surface area contributed by atoms with Crippen molar-refractivity contribution in [3.63, 3.8) is 0 Å². The number of hydrogen-bond donors (Lipinski definition) is 3. The van der Waals surface area contributed by atoms with Gasteiger partial charge in [0.2, 0.25) is 5.91 Å². The van der Waals surface area contributed by atoms with E-state index in [-0.39, 0.29) is 29.9 Å². The predicted octanol–water partition coefficient (Wildman–Crippen LogP) is 5.43. The number of nitrogens with one attached hydrogen (secondary N) is 2. The first-order valence-electron chi connectivity index (χ1n) is 22.5. The second-order valence-electron chi connectivity index (χ2n) is 16.4. The van der Waals surface area contributed by atoms with Gasteiger partial charge in [0.05, 0.1) is 77.1 Å². The van der Waals surface area contributed by atoms with Crippen LogP contribution in [-0.4, -0.2) is 134 Å². The van der Waals surface area contributed by atoms with Crippen LogP contribution in [-0.2, 0) is 49.7 Å². The van der Waals surface area contributed by atoms with Crippen LogP contribution in [0.2, 0.25) is 5.02 Å². The van der Waals surface area contributed by atoms with Crippen molar-refractivity contribution < 1.29 is 33.3 Å². The van der Waals surface area contributed by atoms with Gasteiger partial charge in [-0.3, -0.25) is 4.79 Å². The number of primary amides is 1. The summed E-state index contributed by atoms with van der Waals surface area (Å²) in [6.45, 7) is 6.96. The van der Waals surface area contributed by atoms with Crippen LogP contribution in [0.1, 0.15) is 55.3 Å². The van der Waals surface area contributed by atoms with Crippen molar-refractivity contribution in [1.29, 1.82) is 5.26 Å². The molecule has 0 spiro atoms. The summed E-state index contributed by atoms with van der Waals surface area (Å²) in [5, 5.41) is 24.2. The molecule has 0 aliphatic carbocycles. The molecule has 6 rings (SSSR count). The van der Waals surface area contributed by atoms with Crippen molar-refractivity contribution in [3.8, 4) is 11.8 Å². The summed E-state index contributed by atoms with van der Waals surface area (Å²) in [5.41, 5.74) is 11.3. The number of likely N-dealkylation sites (N-methyl/N-ethyl adjacent to an activating group) is 1. The molecule has 64 heavy (non-hydrogen) atoms. The fourth-order valence-electron chi connectivity index (χ4n) is 8.26. The number of rotatable bonds is 30. The molecule has 2 fully saturated rings. The summed E-state index contributed by atoms with van der Waals surface area (Å²) in [4.78, 5) is 28.2. The minimum atomic E-state index is -0.294. The van der Waals surface area contributed by atoms with Crippen molar-refractivity contribution in [2.75, 3.05) is 90.2 Å². The molecular weight excluding hydrogens is 858 g/mol. The van der Waals surface area contributed by atoms with Crippen LogP contribution in [0.5, 0.6) is 5.75 Å². The average Bonchev–Trinajstić information content (AvgIpc) is 3.98. The molecule has 3 amide bonds. The largest absolute Gasteiger partial charge is 0.491 e. The molecule has 2 aromatic carbocycles. The number of ether oxygens (including phenoxy) is 5. The molecule has 0 radical (unpaired) electrons. The van der Waals surface area contributed by atoms with Gasteiger partial charge >= 0.3 is 6.03 Å². The smallest absolute Gasteiger partial charge is 0.315 e. The van der Waals surface area contributed by atoms with Gasteiger partial charge in [0.25, 0.3) is 0 Å². The fraction of sp³-hybridized carbons (Fsp3) is 0.587. The maximum atomic E-state index is 12.0. The highest BCUT2D eigenvalue weighted by Gasteiger charge is 2.42. The third kappa shape index (κ3) is 15.6. The summed E-state index contributed by atoms with van der Waals surface area (Å²) < 4.78 is 30.7. The number of fused-ring (bicyclic) bond motifs is 3. The van der Waals surface area contributed by atoms with Gasteiger partial charge in [-0.2, -0.15) is 17.0 Å². The highest BCUT2D eigenvalue weighted by atomic mass is 35.5. The van der Waals surface area contributed by atoms with Crippen molar-refractivity contribution in [3.05, 3.63) is 76.6 Å². The van der Waals surface area contributed by atoms with Crippen molar-refractivity contribution >= 4 is 46.7 Å². The van der Waals surface area contributed by atoms with Gasteiger partial charge in [-0.1, -0.05) is 35.4 Å². The van der Waals surface area contributed by atoms with Gasteiger partial charge in [-0.15, -0.1) is 5.10 Å². The molecule has 3 aliphatic heterocycles. The van der Waals surface area contributed by atoms with Crippen molar-refractivity contribution in [2.45, 2.75) is 81.9 Å². The van der Waals surface area contributed by atoms with Crippen LogP contribution < -0.4 is 26.0 Å². The van der Waals surface area contributed by atoms with Crippen LogP contribution in [0.25, 0.3) is 0 Å². The van der Waals surface area contributed by atoms with Gasteiger partial charge in [-0.25, -0.2) is 9.48 Å². The summed E-state index contributed by atoms with van der Waals surface area (Å²) in [5.74, 6) is 1.22. The number of allylic oxidation sites excluding steroid dienone is 1. The molecule has 0 saturated carbocycles. The lowest BCUT2D eigenvalue weighted by molar-refractivity contribution is -0.122. The summed E-state index contributed by atoms with van der Waals surface area (Å²) in [6, 6.07) is 14.9. The van der Waals surface area contributed by atoms with Crippen molar-refractivity contribution in [1.82, 2.24) is 30.5 Å². The van der Waals surface area contributed by atoms with E-state index >= 15 is 0 Å². The topological polar surface area (TPSA) is 191 Å². The molecule has 0 bridgehead atoms. The van der Waals surface area contributed by atoms with Crippen molar-refractivity contribution in [2.24, 2.45) is 11.7 Å². The van der Waals surface area contributed by atoms with Gasteiger partial charge < -0.3 is 49.9 Å². The van der Waals surface area contributed by atoms with E-state index in [4.69, 9.17) is 46.3 Å². The van der Waals surface area contributed by atoms with E-state index in [0.717, 1.165) is 92.5 Å². The van der Waals surface area contributed by atoms with E-state index in [2.05, 4.69) is 68.1 Å². The third-order valence-corrected chi connectivity index (χ3v) is 13.4. The number of benzene rings is 2. The first-order valence-corrected chi connectivity index (χ1v) is 23.9. The molecule has 3 aliphatic rings. The molecule has 1 aromatic heterocycles. The lowest BCUT2D eigenvalue weighted by Gasteiger charge is -2.28. The van der Waals surface area contributed by atoms with Gasteiger partial charge in [0.1, 0.15) is 18.1 Å². The molecule has 348 valence electrons. The highest BCUT2D eigenvalue weighted by Crippen LogP contribution is 2.39. The number of carbonyl (C=O) groups is 2. The number of aryl methyl sites for hydroxylation is 2. The standard InChI is InChI=1S/C46H64ClN9O7S/c1-54(17-3-2-16-48)18-4-5-19-56-41-14-13-39(29-36(41)10-9-34-11-12-37(47)30-42(34)56)63-28-27-62-32-38-31-55(53-52-38)20-22-60-24-26-61-25-23-59-21-15-35(45(49)57)7-6-8-43-44-40(33-64-43)50-46(58)51-44/h2-3,11-14,29-31,35,40,43-44H,4-10,15,17-28,32-33H2,1H3,(H2,49,57)(H2,50,51,58)/b3-2+/t35?,40-,43-,44-/m0/s1. The van der Waals surface area contributed by atoms with Gasteiger partial charge in [0.15, 0.2) is 0 Å². The van der Waals surface area contributed by atoms with Gasteiger partial charge in [-0.05, 0) is 100.0 Å². The number of nitriles is 1. The monoisotopic (exact) mass is 921 g/mol. The number of carbonyl (C=O) groups excluding carboxylic acids is 2. The van der Waals surface area contributed by atoms with E-state index in [9.17, 15) is 9.59 Å². The van der Waals surface area contributed by atoms with Crippen LogP contribution in [0.4, 0.5) is 16.2 Å². The normalized spacial score (nSPS) is 18.3. The molecule has 4 heterocycles. The number of nitrogens with two attached hydrogens (primary N) is 1. The number of hydrogen-bond acceptors (Lipinski definition) is 13. The molecule has 18 heteroatoms. The molecule has 3 aromatic rings. The SMILES string of the molecule is CN(C/C=C/C#N)CCCCN1c2ccc(OCCOCc3cn(CCOCCOCCOCCC(CCC[C@@H]4SC[C@@H]5NC(=O)N[C@@H]54)C(N)=O)nn3)cc2CCc2ccc(Cl)cc21. The number of anilines is 2. The second-order valence-corrected chi connectivity index (χ2v) is 18.1. The number of nitrogens with zero attached hydrogens (tertiary/aromatic N) is 6. The van der Waals surface area contributed by atoms with E-state index in [1.54, 1.807) is 4.68 Å². The van der Waals surface area contributed by atoms with Gasteiger partial charge in [0, 0.05) is 59.1 Å². The molecule has 4 N–H and O–H groups in total. The summed E-state index contributed by atoms with van der Waals surface area (Å²) in [6.07, 6.45) is 12.3. The quantitative estimate of drug-likeness (QED) is 0.0436. The molecule has 2 saturated heterocycles. The van der Waals surface area contributed by atoms with Crippen LogP contribution in [0.15, 0.2) is 54.7 Å². The van der Waals surface area contributed by atoms with E-state index in [1.165, 1.54) is 22.9 Å². The molecule has 1 unspecified atom stereocenters. The molecule has 16 nitrogen and oxygen atoms in total. The number of unbranched alkanes of at least 4 members (excludes halogenated alkanes) is 1. The Hall–Kier alpha value is -4.41. The molecular formula is C46H64ClN9O7S. The Labute approximate surface area is 386 Å². The number of amides is 3. The Morgan fingerprint density at radius 2 is 1.77 bits per heavy atom. The zero-order valence-corrected chi connectivity index (χ0v) is 38.5. The Morgan fingerprint density at radius 3 is 2.59 bits per heavy atom. The van der Waals surface area contributed by atoms with E-state index in [1.807, 2.05) is 36.2 Å². The zero-order valence-electron chi connectivity index (χ0n) is 37.0. The average molecular weight is 923 g/mol. The summed E-state index contributed by atoms with van der Waals surface area (Å²) in [7, 11) is 2.08. The van der Waals surface area contributed by atoms with Crippen LogP contribution >= 0.6 is 23.4 Å². The Kier molecular flexibility index (Phi) is 20.3. The molecule has 4 atom stereocenters. The highest BCUT2D eigenvalue weighted by molar-refractivity contribution is 8.00. The zero-order chi connectivity index (χ0) is 44.9. The number of thioether (sulfide) groups is 1. The lowest BCUT2D eigenvalue weighted by atomic mass is 9.95. The second kappa shape index (κ2) is 26.5. The number of aromatic nitrogens is 3. The lowest BCUT2D eigenvalue weighted by Crippen LogP contribution is -2.36. The first-order chi connectivity index (χ1) is 31.3. The Morgan fingerprint density at radius 1 is 0.969 bits per heavy atom. The Balaban J connectivity index is 0.790. The van der Waals surface area contributed by atoms with Crippen LogP contribution in [0.3, 0.4) is 0 Å². The van der Waals surface area contributed by atoms with E-state index < -0.39 is 0 Å². The predicted molar refractivity (Wildman–Crippen MR) is 248 cm³/mol. The summed E-state index contributed by atoms with van der Waals surface area (Å²) >= 11 is 8.37. The minimum absolute atomic E-state index is 0.0834. The number of halogens is 1.